The molecule has 4 rings (SSSR count). The molecule has 0 amide bonds. The minimum Gasteiger partial charge on any atom is -0.342 e. The average molecular weight is 584 g/mol. The van der Waals surface area contributed by atoms with Crippen molar-refractivity contribution in [1.29, 1.82) is 0 Å². The Morgan fingerprint density at radius 1 is 1.19 bits per heavy atom. The maximum Gasteiger partial charge on any atom is 0.347 e. The summed E-state index contributed by atoms with van der Waals surface area (Å²) < 4.78 is 27.1. The van der Waals surface area contributed by atoms with E-state index in [1.54, 1.807) is 0 Å². The van der Waals surface area contributed by atoms with Gasteiger partial charge < -0.3 is 25.3 Å². The van der Waals surface area contributed by atoms with E-state index < -0.39 is 30.1 Å². The summed E-state index contributed by atoms with van der Waals surface area (Å²) in [5, 5.41) is 40.7. The predicted molar refractivity (Wildman–Crippen MR) is 114 cm³/mol. The number of benzene rings is 2. The molecule has 0 aliphatic carbocycles. The Morgan fingerprint density at radius 2 is 1.87 bits per heavy atom. The van der Waals surface area contributed by atoms with Crippen LogP contribution in [0.3, 0.4) is 0 Å². The second kappa shape index (κ2) is 7.44. The number of carbonyl (C=O) groups is 1. The number of alkyl halides is 1. The predicted octanol–water partition coefficient (Wildman–Crippen LogP) is 2.48. The number of ketones is 1. The number of nitrogens with zero attached hydrogens (tertiary/aromatic N) is 3. The van der Waals surface area contributed by atoms with Gasteiger partial charge in [-0.05, 0) is 56.1 Å². The first-order valence-electron chi connectivity index (χ1n) is 8.57. The van der Waals surface area contributed by atoms with Gasteiger partial charge in [0, 0.05) is 10.0 Å². The lowest BCUT2D eigenvalue weighted by atomic mass is 10.0. The number of halogens is 5. The summed E-state index contributed by atoms with van der Waals surface area (Å²) in [6.07, 6.45) is 0. The molecule has 0 aromatic heterocycles. The highest BCUT2D eigenvalue weighted by molar-refractivity contribution is 9.11. The largest absolute Gasteiger partial charge is 0.347 e. The summed E-state index contributed by atoms with van der Waals surface area (Å²) in [5.41, 5.74) is -0.131. The molecule has 31 heavy (non-hydrogen) atoms. The van der Waals surface area contributed by atoms with Gasteiger partial charge in [0.05, 0.1) is 33.0 Å². The number of hydrogen-bond donors (Lipinski definition) is 4. The Kier molecular flexibility index (Phi) is 5.41. The number of hydrogen-bond acceptors (Lipinski definition) is 8. The van der Waals surface area contributed by atoms with Crippen LogP contribution in [0.25, 0.3) is 0 Å². The van der Waals surface area contributed by atoms with Crippen molar-refractivity contribution in [1.82, 2.24) is 0 Å². The number of rotatable bonds is 4. The van der Waals surface area contributed by atoms with Crippen molar-refractivity contribution in [2.45, 2.75) is 11.8 Å². The van der Waals surface area contributed by atoms with Crippen molar-refractivity contribution in [2.24, 2.45) is 4.99 Å². The van der Waals surface area contributed by atoms with E-state index in [0.29, 0.717) is 4.90 Å². The van der Waals surface area contributed by atoms with Gasteiger partial charge in [-0.15, -0.1) is 0 Å². The van der Waals surface area contributed by atoms with Gasteiger partial charge >= 0.3 is 11.8 Å². The van der Waals surface area contributed by atoms with Crippen LogP contribution in [0, 0.1) is 5.82 Å². The van der Waals surface area contributed by atoms with E-state index in [4.69, 9.17) is 11.6 Å². The third-order valence-electron chi connectivity index (χ3n) is 4.85. The summed E-state index contributed by atoms with van der Waals surface area (Å²) in [4.78, 5) is 18.5. The molecular formula is C18H12Br2ClF2N3O5. The molecule has 0 fully saturated rings. The Morgan fingerprint density at radius 3 is 2.52 bits per heavy atom. The summed E-state index contributed by atoms with van der Waals surface area (Å²) in [6.45, 7) is -1.19. The van der Waals surface area contributed by atoms with Gasteiger partial charge in [0.1, 0.15) is 12.5 Å². The van der Waals surface area contributed by atoms with Gasteiger partial charge in [-0.25, -0.2) is 13.7 Å². The molecule has 2 aromatic rings. The molecule has 4 N–H and O–H groups in total. The molecule has 0 saturated heterocycles. The molecule has 164 valence electrons. The lowest BCUT2D eigenvalue weighted by molar-refractivity contribution is -0.339. The van der Waals surface area contributed by atoms with Crippen molar-refractivity contribution in [3.63, 3.8) is 0 Å². The summed E-state index contributed by atoms with van der Waals surface area (Å²) >= 11 is 12.6. The van der Waals surface area contributed by atoms with Crippen LogP contribution in [0.5, 0.6) is 0 Å². The third kappa shape index (κ3) is 3.20. The molecule has 2 aliphatic rings. The number of aliphatic imine (C=N–C) groups is 1. The molecule has 0 bridgehead atoms. The van der Waals surface area contributed by atoms with E-state index >= 15 is 0 Å². The number of anilines is 2. The first-order valence-corrected chi connectivity index (χ1v) is 10.5. The maximum absolute atomic E-state index is 13.7. The van der Waals surface area contributed by atoms with Gasteiger partial charge in [-0.2, -0.15) is 4.99 Å². The highest BCUT2D eigenvalue weighted by Gasteiger charge is 2.64. The number of aliphatic hydroxyl groups is 4. The third-order valence-corrected chi connectivity index (χ3v) is 6.58. The van der Waals surface area contributed by atoms with Crippen molar-refractivity contribution in [3.8, 4) is 0 Å². The van der Waals surface area contributed by atoms with Gasteiger partial charge in [0.15, 0.2) is 5.78 Å². The number of fused-ring (bicyclic) bond motifs is 3. The molecule has 0 saturated carbocycles. The fraction of sp³-hybridized carbons (Fsp3) is 0.222. The van der Waals surface area contributed by atoms with Gasteiger partial charge in [-0.3, -0.25) is 4.79 Å². The van der Waals surface area contributed by atoms with Gasteiger partial charge in [0.2, 0.25) is 5.96 Å². The molecule has 2 aliphatic heterocycles. The monoisotopic (exact) mass is 581 g/mol. The minimum atomic E-state index is -3.34. The van der Waals surface area contributed by atoms with Crippen LogP contribution in [0.15, 0.2) is 38.2 Å². The molecule has 0 radical (unpaired) electrons. The van der Waals surface area contributed by atoms with Crippen molar-refractivity contribution >= 4 is 66.6 Å². The normalized spacial score (nSPS) is 18.2. The minimum absolute atomic E-state index is 0.0171. The molecule has 0 unspecified atom stereocenters. The molecule has 8 nitrogen and oxygen atoms in total. The highest BCUT2D eigenvalue weighted by Crippen LogP contribution is 2.52. The first-order chi connectivity index (χ1) is 14.4. The molecule has 13 heteroatoms. The zero-order valence-electron chi connectivity index (χ0n) is 15.2. The lowest BCUT2D eigenvalue weighted by Crippen LogP contribution is -2.60. The van der Waals surface area contributed by atoms with E-state index in [0.717, 1.165) is 12.1 Å². The van der Waals surface area contributed by atoms with E-state index in [9.17, 15) is 34.0 Å². The van der Waals surface area contributed by atoms with Crippen LogP contribution < -0.4 is 9.80 Å². The topological polar surface area (TPSA) is 117 Å². The van der Waals surface area contributed by atoms with E-state index in [1.807, 2.05) is 0 Å². The first kappa shape index (κ1) is 22.5. The van der Waals surface area contributed by atoms with Crippen molar-refractivity contribution in [2.75, 3.05) is 23.0 Å². The highest BCUT2D eigenvalue weighted by atomic mass is 79.9. The van der Waals surface area contributed by atoms with Crippen LogP contribution in [0.2, 0.25) is 5.02 Å². The van der Waals surface area contributed by atoms with Crippen molar-refractivity contribution in [3.05, 3.63) is 55.2 Å². The van der Waals surface area contributed by atoms with E-state index in [2.05, 4.69) is 36.9 Å². The Balaban J connectivity index is 1.96. The fourth-order valence-corrected chi connectivity index (χ4v) is 5.27. The smallest absolute Gasteiger partial charge is 0.342 e. The molecule has 0 spiro atoms. The number of guanidine groups is 1. The molecule has 0 atom stereocenters. The quantitative estimate of drug-likeness (QED) is 0.323. The van der Waals surface area contributed by atoms with E-state index in [1.165, 1.54) is 17.0 Å². The second-order valence-electron chi connectivity index (χ2n) is 6.73. The average Bonchev–Trinajstić information content (AvgIpc) is 3.06. The molecule has 2 heterocycles. The van der Waals surface area contributed by atoms with Crippen LogP contribution in [0.1, 0.15) is 15.9 Å². The zero-order chi connectivity index (χ0) is 22.9. The number of carbonyl (C=O) groups excluding carboxylic acids is 1. The summed E-state index contributed by atoms with van der Waals surface area (Å²) in [5.74, 6) is -8.44. The van der Waals surface area contributed by atoms with Crippen LogP contribution in [-0.2, 0) is 0 Å². The standard InChI is InChI=1S/C18H12Br2ClF2N3O5/c19-9-6-11-14(13(20)12(9)15(27)8-5-7(23)1-2-10(8)21)26-16(25(11)4-3-22)24-17(28,29)18(26,30)31/h1-2,5-6,28-31H,3-4H2. The van der Waals surface area contributed by atoms with Gasteiger partial charge in [0.25, 0.3) is 0 Å². The Bertz CT molecular complexity index is 1160. The lowest BCUT2D eigenvalue weighted by Gasteiger charge is -2.32. The second-order valence-corrected chi connectivity index (χ2v) is 8.78. The Labute approximate surface area is 195 Å². The summed E-state index contributed by atoms with van der Waals surface area (Å²) in [7, 11) is 0. The van der Waals surface area contributed by atoms with Crippen LogP contribution >= 0.6 is 43.5 Å². The van der Waals surface area contributed by atoms with Crippen LogP contribution in [-0.4, -0.2) is 57.2 Å². The SMILES string of the molecule is O=C(c1cc(F)ccc1Cl)c1c(Br)cc2c(c1Br)N1C(=NC(O)(O)C1(O)O)N2CCF. The van der Waals surface area contributed by atoms with E-state index in [-0.39, 0.29) is 49.0 Å². The molecular weight excluding hydrogens is 571 g/mol. The molecule has 2 aromatic carbocycles. The zero-order valence-corrected chi connectivity index (χ0v) is 19.1. The summed E-state index contributed by atoms with van der Waals surface area (Å²) in [6, 6.07) is 4.64. The van der Waals surface area contributed by atoms with Gasteiger partial charge in [-0.1, -0.05) is 11.6 Å². The van der Waals surface area contributed by atoms with Crippen LogP contribution in [0.4, 0.5) is 20.2 Å². The van der Waals surface area contributed by atoms with Crippen molar-refractivity contribution < 1.29 is 34.0 Å². The Hall–Kier alpha value is -1.67. The maximum atomic E-state index is 13.7. The fourth-order valence-electron chi connectivity index (χ4n) is 3.43.